The first-order chi connectivity index (χ1) is 12.1. The van der Waals surface area contributed by atoms with Crippen LogP contribution < -0.4 is 5.56 Å². The maximum atomic E-state index is 12.2. The van der Waals surface area contributed by atoms with E-state index in [2.05, 4.69) is 15.1 Å². The van der Waals surface area contributed by atoms with E-state index in [9.17, 15) is 9.59 Å². The van der Waals surface area contributed by atoms with Crippen molar-refractivity contribution in [3.05, 3.63) is 46.6 Å². The molecule has 0 spiro atoms. The predicted octanol–water partition coefficient (Wildman–Crippen LogP) is 2.38. The molecule has 1 aromatic carbocycles. The number of aromatic nitrogens is 3. The largest absolute Gasteiger partial charge is 0.343 e. The van der Waals surface area contributed by atoms with Crippen molar-refractivity contribution < 1.29 is 9.32 Å². The SMILES string of the molecule is CCN(CC)C(=O)CCc1nc(-c2cc3ccccc3[nH]c2=O)no1. The molecule has 0 bridgehead atoms. The highest BCUT2D eigenvalue weighted by atomic mass is 16.5. The first kappa shape index (κ1) is 16.9. The Morgan fingerprint density at radius 3 is 2.76 bits per heavy atom. The van der Waals surface area contributed by atoms with Crippen molar-refractivity contribution in [2.24, 2.45) is 0 Å². The van der Waals surface area contributed by atoms with E-state index >= 15 is 0 Å². The number of benzene rings is 1. The number of amides is 1. The van der Waals surface area contributed by atoms with Gasteiger partial charge in [0.25, 0.3) is 5.56 Å². The normalized spacial score (nSPS) is 11.0. The topological polar surface area (TPSA) is 92.1 Å². The Morgan fingerprint density at radius 2 is 2.00 bits per heavy atom. The lowest BCUT2D eigenvalue weighted by molar-refractivity contribution is -0.130. The van der Waals surface area contributed by atoms with Crippen LogP contribution in [0.2, 0.25) is 0 Å². The van der Waals surface area contributed by atoms with Gasteiger partial charge in [-0.3, -0.25) is 9.59 Å². The molecule has 0 radical (unpaired) electrons. The highest BCUT2D eigenvalue weighted by Gasteiger charge is 2.15. The third-order valence-electron chi connectivity index (χ3n) is 4.13. The van der Waals surface area contributed by atoms with Crippen LogP contribution in [0.15, 0.2) is 39.6 Å². The van der Waals surface area contributed by atoms with E-state index < -0.39 is 0 Å². The maximum absolute atomic E-state index is 12.2. The Bertz CT molecular complexity index is 941. The number of carbonyl (C=O) groups excluding carboxylic acids is 1. The third kappa shape index (κ3) is 3.60. The quantitative estimate of drug-likeness (QED) is 0.744. The summed E-state index contributed by atoms with van der Waals surface area (Å²) in [5, 5.41) is 4.78. The van der Waals surface area contributed by atoms with Crippen molar-refractivity contribution in [1.29, 1.82) is 0 Å². The van der Waals surface area contributed by atoms with E-state index in [0.717, 1.165) is 10.9 Å². The third-order valence-corrected chi connectivity index (χ3v) is 4.13. The molecule has 25 heavy (non-hydrogen) atoms. The summed E-state index contributed by atoms with van der Waals surface area (Å²) in [5.74, 6) is 0.633. The van der Waals surface area contributed by atoms with Crippen molar-refractivity contribution >= 4 is 16.8 Å². The van der Waals surface area contributed by atoms with Crippen molar-refractivity contribution in [1.82, 2.24) is 20.0 Å². The summed E-state index contributed by atoms with van der Waals surface area (Å²) in [4.78, 5) is 33.1. The van der Waals surface area contributed by atoms with Crippen LogP contribution in [0, 0.1) is 0 Å². The lowest BCUT2D eigenvalue weighted by atomic mass is 10.1. The molecule has 0 aliphatic heterocycles. The number of pyridine rings is 1. The van der Waals surface area contributed by atoms with Crippen LogP contribution in [0.3, 0.4) is 0 Å². The average molecular weight is 340 g/mol. The zero-order valence-electron chi connectivity index (χ0n) is 14.3. The number of hydrogen-bond acceptors (Lipinski definition) is 5. The highest BCUT2D eigenvalue weighted by molar-refractivity contribution is 5.82. The average Bonchev–Trinajstić information content (AvgIpc) is 3.09. The molecule has 2 aromatic heterocycles. The van der Waals surface area contributed by atoms with Gasteiger partial charge in [-0.1, -0.05) is 23.4 Å². The van der Waals surface area contributed by atoms with Gasteiger partial charge in [-0.2, -0.15) is 4.98 Å². The van der Waals surface area contributed by atoms with Gasteiger partial charge in [0.1, 0.15) is 0 Å². The van der Waals surface area contributed by atoms with Gasteiger partial charge in [-0.15, -0.1) is 0 Å². The minimum Gasteiger partial charge on any atom is -0.343 e. The molecule has 0 saturated heterocycles. The van der Waals surface area contributed by atoms with E-state index in [0.29, 0.717) is 37.4 Å². The fourth-order valence-electron chi connectivity index (χ4n) is 2.73. The fraction of sp³-hybridized carbons (Fsp3) is 0.333. The Labute approximate surface area is 144 Å². The van der Waals surface area contributed by atoms with E-state index in [-0.39, 0.29) is 17.3 Å². The van der Waals surface area contributed by atoms with E-state index in [4.69, 9.17) is 4.52 Å². The smallest absolute Gasteiger partial charge is 0.259 e. The monoisotopic (exact) mass is 340 g/mol. The van der Waals surface area contributed by atoms with Crippen LogP contribution in [0.25, 0.3) is 22.3 Å². The molecule has 0 saturated carbocycles. The van der Waals surface area contributed by atoms with Gasteiger partial charge in [0.15, 0.2) is 0 Å². The number of nitrogens with one attached hydrogen (secondary N) is 1. The van der Waals surface area contributed by atoms with Gasteiger partial charge < -0.3 is 14.4 Å². The Balaban J connectivity index is 1.79. The zero-order chi connectivity index (χ0) is 17.8. The first-order valence-corrected chi connectivity index (χ1v) is 8.35. The number of aromatic amines is 1. The summed E-state index contributed by atoms with van der Waals surface area (Å²) in [6, 6.07) is 9.23. The molecule has 3 aromatic rings. The van der Waals surface area contributed by atoms with Crippen LogP contribution in [0.5, 0.6) is 0 Å². The summed E-state index contributed by atoms with van der Waals surface area (Å²) in [6.07, 6.45) is 0.658. The van der Waals surface area contributed by atoms with Crippen molar-refractivity contribution in [2.45, 2.75) is 26.7 Å². The number of rotatable bonds is 6. The van der Waals surface area contributed by atoms with Gasteiger partial charge in [-0.25, -0.2) is 0 Å². The first-order valence-electron chi connectivity index (χ1n) is 8.35. The summed E-state index contributed by atoms with van der Waals surface area (Å²) in [7, 11) is 0. The Morgan fingerprint density at radius 1 is 1.24 bits per heavy atom. The van der Waals surface area contributed by atoms with E-state index in [1.54, 1.807) is 11.0 Å². The standard InChI is InChI=1S/C18H20N4O3/c1-3-22(4-2)16(23)10-9-15-20-17(21-25-15)13-11-12-7-5-6-8-14(12)19-18(13)24/h5-8,11H,3-4,9-10H2,1-2H3,(H,19,24). The van der Waals surface area contributed by atoms with Gasteiger partial charge in [0.2, 0.25) is 17.6 Å². The van der Waals surface area contributed by atoms with Crippen LogP contribution >= 0.6 is 0 Å². The molecule has 0 aliphatic rings. The number of carbonyl (C=O) groups is 1. The molecule has 0 aliphatic carbocycles. The fourth-order valence-corrected chi connectivity index (χ4v) is 2.73. The van der Waals surface area contributed by atoms with Crippen LogP contribution in [-0.4, -0.2) is 39.0 Å². The second kappa shape index (κ2) is 7.29. The molecule has 1 N–H and O–H groups in total. The molecule has 0 fully saturated rings. The maximum Gasteiger partial charge on any atom is 0.259 e. The summed E-state index contributed by atoms with van der Waals surface area (Å²) >= 11 is 0. The van der Waals surface area contributed by atoms with Crippen LogP contribution in [-0.2, 0) is 11.2 Å². The minimum atomic E-state index is -0.273. The molecule has 1 amide bonds. The summed E-state index contributed by atoms with van der Waals surface area (Å²) in [6.45, 7) is 5.24. The highest BCUT2D eigenvalue weighted by Crippen LogP contribution is 2.17. The van der Waals surface area contributed by atoms with E-state index in [1.165, 1.54) is 0 Å². The summed E-state index contributed by atoms with van der Waals surface area (Å²) < 4.78 is 5.20. The summed E-state index contributed by atoms with van der Waals surface area (Å²) in [5.41, 5.74) is 0.832. The predicted molar refractivity (Wildman–Crippen MR) is 94.1 cm³/mol. The van der Waals surface area contributed by atoms with E-state index in [1.807, 2.05) is 38.1 Å². The second-order valence-electron chi connectivity index (χ2n) is 5.68. The molecule has 0 atom stereocenters. The molecule has 0 unspecified atom stereocenters. The van der Waals surface area contributed by atoms with Crippen molar-refractivity contribution in [3.8, 4) is 11.4 Å². The number of H-pyrrole nitrogens is 1. The number of nitrogens with zero attached hydrogens (tertiary/aromatic N) is 3. The molecular weight excluding hydrogens is 320 g/mol. The van der Waals surface area contributed by atoms with Gasteiger partial charge in [-0.05, 0) is 31.4 Å². The minimum absolute atomic E-state index is 0.0494. The number of fused-ring (bicyclic) bond motifs is 1. The van der Waals surface area contributed by atoms with Gasteiger partial charge in [0, 0.05) is 31.4 Å². The molecule has 2 heterocycles. The molecule has 7 heteroatoms. The zero-order valence-corrected chi connectivity index (χ0v) is 14.3. The number of aryl methyl sites for hydroxylation is 1. The molecule has 7 nitrogen and oxygen atoms in total. The lowest BCUT2D eigenvalue weighted by Crippen LogP contribution is -2.30. The molecular formula is C18H20N4O3. The molecule has 3 rings (SSSR count). The Hall–Kier alpha value is -2.96. The van der Waals surface area contributed by atoms with Crippen LogP contribution in [0.1, 0.15) is 26.2 Å². The lowest BCUT2D eigenvalue weighted by Gasteiger charge is -2.17. The Kier molecular flexibility index (Phi) is 4.92. The van der Waals surface area contributed by atoms with Gasteiger partial charge in [0.05, 0.1) is 5.56 Å². The van der Waals surface area contributed by atoms with Crippen molar-refractivity contribution in [3.63, 3.8) is 0 Å². The second-order valence-corrected chi connectivity index (χ2v) is 5.68. The number of para-hydroxylation sites is 1. The van der Waals surface area contributed by atoms with Gasteiger partial charge >= 0.3 is 0 Å². The molecule has 130 valence electrons. The number of hydrogen-bond donors (Lipinski definition) is 1. The van der Waals surface area contributed by atoms with Crippen molar-refractivity contribution in [2.75, 3.05) is 13.1 Å². The van der Waals surface area contributed by atoms with Crippen LogP contribution in [0.4, 0.5) is 0 Å².